The van der Waals surface area contributed by atoms with Gasteiger partial charge in [0.15, 0.2) is 0 Å². The molecule has 1 fully saturated rings. The maximum atomic E-state index is 13.3. The average molecular weight is 414 g/mol. The van der Waals surface area contributed by atoms with Crippen LogP contribution in [0.15, 0.2) is 53.1 Å². The number of amides is 1. The summed E-state index contributed by atoms with van der Waals surface area (Å²) >= 11 is 5.93. The molecular weight excluding hydrogens is 393 g/mol. The smallest absolute Gasteiger partial charge is 0.254 e. The van der Waals surface area contributed by atoms with E-state index < -0.39 is 0 Å². The molecule has 1 heterocycles. The third kappa shape index (κ3) is 4.65. The maximum Gasteiger partial charge on any atom is 0.254 e. The van der Waals surface area contributed by atoms with E-state index in [9.17, 15) is 9.18 Å². The van der Waals surface area contributed by atoms with Crippen LogP contribution in [0.2, 0.25) is 5.02 Å². The van der Waals surface area contributed by atoms with Gasteiger partial charge in [-0.15, -0.1) is 0 Å². The highest BCUT2D eigenvalue weighted by molar-refractivity contribution is 6.30. The molecule has 0 N–H and O–H groups in total. The minimum Gasteiger partial charge on any atom is -0.337 e. The van der Waals surface area contributed by atoms with Crippen LogP contribution >= 0.6 is 11.6 Å². The van der Waals surface area contributed by atoms with E-state index >= 15 is 0 Å². The van der Waals surface area contributed by atoms with Crippen molar-refractivity contribution in [2.75, 3.05) is 0 Å². The lowest BCUT2D eigenvalue weighted by Gasteiger charge is -2.33. The molecule has 7 heteroatoms. The number of rotatable bonds is 5. The lowest BCUT2D eigenvalue weighted by Crippen LogP contribution is -2.41. The van der Waals surface area contributed by atoms with Crippen LogP contribution in [0.1, 0.15) is 48.4 Å². The summed E-state index contributed by atoms with van der Waals surface area (Å²) in [6.07, 6.45) is 5.21. The molecule has 2 aromatic carbocycles. The fraction of sp³-hybridized carbons (Fsp3) is 0.318. The van der Waals surface area contributed by atoms with Crippen LogP contribution in [-0.4, -0.2) is 27.0 Å². The van der Waals surface area contributed by atoms with Crippen LogP contribution in [-0.2, 0) is 6.54 Å². The minimum absolute atomic E-state index is 0.104. The van der Waals surface area contributed by atoms with Gasteiger partial charge in [-0.2, -0.15) is 4.98 Å². The van der Waals surface area contributed by atoms with Crippen molar-refractivity contribution in [3.8, 4) is 11.4 Å². The molecule has 0 bridgehead atoms. The van der Waals surface area contributed by atoms with E-state index in [-0.39, 0.29) is 24.3 Å². The Bertz CT molecular complexity index is 966. The zero-order valence-electron chi connectivity index (χ0n) is 15.9. The third-order valence-electron chi connectivity index (χ3n) is 5.24. The Morgan fingerprint density at radius 1 is 1.07 bits per heavy atom. The summed E-state index contributed by atoms with van der Waals surface area (Å²) in [5.74, 6) is 0.309. The van der Waals surface area contributed by atoms with E-state index in [1.807, 2.05) is 12.1 Å². The van der Waals surface area contributed by atoms with E-state index in [1.165, 1.54) is 30.7 Å². The standard InChI is InChI=1S/C22H21ClFN3O2/c23-17-10-6-15(7-11-17)21-25-20(29-26-21)14-27(19-4-2-1-3-5-19)22(28)16-8-12-18(24)13-9-16/h6-13,19H,1-5,14H2. The first-order valence-electron chi connectivity index (χ1n) is 9.75. The fourth-order valence-corrected chi connectivity index (χ4v) is 3.82. The highest BCUT2D eigenvalue weighted by Crippen LogP contribution is 2.26. The molecule has 0 aliphatic heterocycles. The normalized spacial score (nSPS) is 14.7. The van der Waals surface area contributed by atoms with E-state index in [0.717, 1.165) is 31.2 Å². The lowest BCUT2D eigenvalue weighted by molar-refractivity contribution is 0.0586. The van der Waals surface area contributed by atoms with Crippen molar-refractivity contribution in [1.82, 2.24) is 15.0 Å². The number of carbonyl (C=O) groups is 1. The van der Waals surface area contributed by atoms with Gasteiger partial charge in [0.2, 0.25) is 11.7 Å². The van der Waals surface area contributed by atoms with Crippen molar-refractivity contribution in [2.45, 2.75) is 44.7 Å². The number of aromatic nitrogens is 2. The Morgan fingerprint density at radius 2 is 1.76 bits per heavy atom. The summed E-state index contributed by atoms with van der Waals surface area (Å²) in [5, 5.41) is 4.67. The van der Waals surface area contributed by atoms with E-state index in [1.54, 1.807) is 17.0 Å². The molecule has 4 rings (SSSR count). The highest BCUT2D eigenvalue weighted by atomic mass is 35.5. The predicted octanol–water partition coefficient (Wildman–Crippen LogP) is 5.50. The number of hydrogen-bond acceptors (Lipinski definition) is 4. The Labute approximate surface area is 173 Å². The fourth-order valence-electron chi connectivity index (χ4n) is 3.70. The summed E-state index contributed by atoms with van der Waals surface area (Å²) in [5.41, 5.74) is 1.24. The molecule has 1 aliphatic carbocycles. The molecule has 0 radical (unpaired) electrons. The zero-order chi connectivity index (χ0) is 20.2. The van der Waals surface area contributed by atoms with E-state index in [0.29, 0.717) is 22.3 Å². The minimum atomic E-state index is -0.365. The maximum absolute atomic E-state index is 13.3. The van der Waals surface area contributed by atoms with E-state index in [2.05, 4.69) is 10.1 Å². The molecule has 1 aromatic heterocycles. The first-order chi connectivity index (χ1) is 14.1. The second kappa shape index (κ2) is 8.74. The Kier molecular flexibility index (Phi) is 5.90. The topological polar surface area (TPSA) is 59.2 Å². The first kappa shape index (κ1) is 19.6. The largest absolute Gasteiger partial charge is 0.337 e. The quantitative estimate of drug-likeness (QED) is 0.553. The Morgan fingerprint density at radius 3 is 2.45 bits per heavy atom. The van der Waals surface area contributed by atoms with Crippen LogP contribution in [0, 0.1) is 5.82 Å². The number of hydrogen-bond donors (Lipinski definition) is 0. The summed E-state index contributed by atoms with van der Waals surface area (Å²) in [4.78, 5) is 19.4. The van der Waals surface area contributed by atoms with Crippen molar-refractivity contribution < 1.29 is 13.7 Å². The van der Waals surface area contributed by atoms with Crippen molar-refractivity contribution in [1.29, 1.82) is 0 Å². The molecule has 0 spiro atoms. The van der Waals surface area contributed by atoms with Crippen molar-refractivity contribution in [2.24, 2.45) is 0 Å². The molecule has 1 amide bonds. The van der Waals surface area contributed by atoms with Crippen LogP contribution in [0.25, 0.3) is 11.4 Å². The van der Waals surface area contributed by atoms with Crippen LogP contribution in [0.5, 0.6) is 0 Å². The van der Waals surface area contributed by atoms with Crippen LogP contribution in [0.4, 0.5) is 4.39 Å². The molecule has 0 unspecified atom stereocenters. The summed E-state index contributed by atoms with van der Waals surface area (Å²) in [6, 6.07) is 12.9. The van der Waals surface area contributed by atoms with Crippen LogP contribution < -0.4 is 0 Å². The molecule has 150 valence electrons. The van der Waals surface area contributed by atoms with E-state index in [4.69, 9.17) is 16.1 Å². The van der Waals surface area contributed by atoms with Crippen molar-refractivity contribution in [3.05, 3.63) is 70.8 Å². The zero-order valence-corrected chi connectivity index (χ0v) is 16.6. The van der Waals surface area contributed by atoms with Gasteiger partial charge in [0.1, 0.15) is 12.4 Å². The lowest BCUT2D eigenvalue weighted by atomic mass is 9.93. The second-order valence-electron chi connectivity index (χ2n) is 7.25. The van der Waals surface area contributed by atoms with Gasteiger partial charge in [-0.25, -0.2) is 4.39 Å². The first-order valence-corrected chi connectivity index (χ1v) is 10.1. The number of benzene rings is 2. The van der Waals surface area contributed by atoms with Crippen molar-refractivity contribution >= 4 is 17.5 Å². The summed E-state index contributed by atoms with van der Waals surface area (Å²) < 4.78 is 18.7. The van der Waals surface area contributed by atoms with Gasteiger partial charge in [0.25, 0.3) is 5.91 Å². The third-order valence-corrected chi connectivity index (χ3v) is 5.50. The van der Waals surface area contributed by atoms with Gasteiger partial charge >= 0.3 is 0 Å². The second-order valence-corrected chi connectivity index (χ2v) is 7.69. The molecule has 0 atom stereocenters. The van der Waals surface area contributed by atoms with Crippen LogP contribution in [0.3, 0.4) is 0 Å². The van der Waals surface area contributed by atoms with Gasteiger partial charge in [0, 0.05) is 22.2 Å². The average Bonchev–Trinajstić information content (AvgIpc) is 3.22. The predicted molar refractivity (Wildman–Crippen MR) is 108 cm³/mol. The molecule has 29 heavy (non-hydrogen) atoms. The Balaban J connectivity index is 1.57. The Hall–Kier alpha value is -2.73. The molecule has 0 saturated heterocycles. The number of nitrogens with zero attached hydrogens (tertiary/aromatic N) is 3. The molecule has 1 saturated carbocycles. The SMILES string of the molecule is O=C(c1ccc(F)cc1)N(Cc1nc(-c2ccc(Cl)cc2)no1)C1CCCCC1. The number of carbonyl (C=O) groups excluding carboxylic acids is 1. The monoisotopic (exact) mass is 413 g/mol. The molecular formula is C22H21ClFN3O2. The summed E-state index contributed by atoms with van der Waals surface area (Å²) in [6.45, 7) is 0.224. The van der Waals surface area contributed by atoms with Crippen molar-refractivity contribution in [3.63, 3.8) is 0 Å². The number of halogens is 2. The van der Waals surface area contributed by atoms with Gasteiger partial charge < -0.3 is 9.42 Å². The molecule has 5 nitrogen and oxygen atoms in total. The summed E-state index contributed by atoms with van der Waals surface area (Å²) in [7, 11) is 0. The molecule has 3 aromatic rings. The van der Waals surface area contributed by atoms with Gasteiger partial charge in [-0.3, -0.25) is 4.79 Å². The van der Waals surface area contributed by atoms with Gasteiger partial charge in [0.05, 0.1) is 0 Å². The van der Waals surface area contributed by atoms with Gasteiger partial charge in [-0.05, 0) is 61.4 Å². The van der Waals surface area contributed by atoms with Gasteiger partial charge in [-0.1, -0.05) is 36.0 Å². The highest BCUT2D eigenvalue weighted by Gasteiger charge is 2.28. The molecule has 1 aliphatic rings.